The van der Waals surface area contributed by atoms with Gasteiger partial charge in [0.25, 0.3) is 0 Å². The van der Waals surface area contributed by atoms with Gasteiger partial charge in [0.2, 0.25) is 21.8 Å². The number of hydrogen-bond donors (Lipinski definition) is 3. The summed E-state index contributed by atoms with van der Waals surface area (Å²) in [6.07, 6.45) is 0.795. The summed E-state index contributed by atoms with van der Waals surface area (Å²) < 4.78 is 23.1. The molecule has 1 aromatic rings. The van der Waals surface area contributed by atoms with Crippen LogP contribution in [0.25, 0.3) is 0 Å². The van der Waals surface area contributed by atoms with E-state index in [1.54, 1.807) is 6.07 Å². The summed E-state index contributed by atoms with van der Waals surface area (Å²) in [7, 11) is -3.87. The van der Waals surface area contributed by atoms with Gasteiger partial charge in [-0.3, -0.25) is 9.59 Å². The third-order valence-electron chi connectivity index (χ3n) is 4.69. The largest absolute Gasteiger partial charge is 0.349 e. The van der Waals surface area contributed by atoms with E-state index in [1.807, 2.05) is 6.92 Å². The Bertz CT molecular complexity index is 824. The number of sulfonamides is 1. The number of anilines is 1. The first-order valence-corrected chi connectivity index (χ1v) is 10.4. The summed E-state index contributed by atoms with van der Waals surface area (Å²) in [5.74, 6) is -0.614. The molecule has 1 heterocycles. The molecule has 5 N–H and O–H groups in total. The van der Waals surface area contributed by atoms with E-state index in [9.17, 15) is 18.0 Å². The summed E-state index contributed by atoms with van der Waals surface area (Å²) >= 11 is 0. The molecule has 2 amide bonds. The summed E-state index contributed by atoms with van der Waals surface area (Å²) in [5.41, 5.74) is 5.72. The molecule has 2 unspecified atom stereocenters. The van der Waals surface area contributed by atoms with Gasteiger partial charge >= 0.3 is 0 Å². The molecule has 150 valence electrons. The summed E-state index contributed by atoms with van der Waals surface area (Å²) in [6, 6.07) is 5.85. The molecule has 0 spiro atoms. The van der Waals surface area contributed by atoms with Gasteiger partial charge in [-0.1, -0.05) is 19.9 Å². The monoisotopic (exact) mass is 396 g/mol. The highest BCUT2D eigenvalue weighted by molar-refractivity contribution is 7.89. The van der Waals surface area contributed by atoms with Crippen molar-refractivity contribution in [3.63, 3.8) is 0 Å². The van der Waals surface area contributed by atoms with Gasteiger partial charge in [0, 0.05) is 30.7 Å². The second kappa shape index (κ2) is 7.95. The van der Waals surface area contributed by atoms with Gasteiger partial charge in [-0.25, -0.2) is 13.6 Å². The first kappa shape index (κ1) is 21.3. The van der Waals surface area contributed by atoms with Crippen molar-refractivity contribution < 1.29 is 18.0 Å². The Morgan fingerprint density at radius 1 is 1.41 bits per heavy atom. The van der Waals surface area contributed by atoms with Gasteiger partial charge in [0.15, 0.2) is 0 Å². The number of nitrogens with zero attached hydrogens (tertiary/aromatic N) is 1. The minimum Gasteiger partial charge on any atom is -0.349 e. The van der Waals surface area contributed by atoms with Gasteiger partial charge in [-0.2, -0.15) is 0 Å². The smallest absolute Gasteiger partial charge is 0.238 e. The van der Waals surface area contributed by atoms with Crippen molar-refractivity contribution in [3.05, 3.63) is 24.3 Å². The van der Waals surface area contributed by atoms with Crippen LogP contribution in [0.5, 0.6) is 0 Å². The molecule has 1 aromatic carbocycles. The average Bonchev–Trinajstić information content (AvgIpc) is 2.95. The summed E-state index contributed by atoms with van der Waals surface area (Å²) in [4.78, 5) is 26.4. The standard InChI is InChI=1S/C18H28N4O4S/c1-12(2)9-18(3,11-19)21-17(24)13-7-16(23)22(10-13)14-5-4-6-15(8-14)27(20,25)26/h4-6,8,12-13H,7,9-11,19H2,1-3H3,(H,21,24)(H2,20,25,26). The average molecular weight is 397 g/mol. The van der Waals surface area contributed by atoms with Crippen molar-refractivity contribution in [2.45, 2.75) is 44.0 Å². The van der Waals surface area contributed by atoms with E-state index in [1.165, 1.54) is 23.1 Å². The highest BCUT2D eigenvalue weighted by atomic mass is 32.2. The molecule has 0 aliphatic carbocycles. The van der Waals surface area contributed by atoms with E-state index in [0.717, 1.165) is 6.42 Å². The molecule has 1 aliphatic rings. The van der Waals surface area contributed by atoms with Crippen molar-refractivity contribution in [1.82, 2.24) is 5.32 Å². The highest BCUT2D eigenvalue weighted by Gasteiger charge is 2.38. The van der Waals surface area contributed by atoms with Crippen LogP contribution in [0.1, 0.15) is 33.6 Å². The molecule has 27 heavy (non-hydrogen) atoms. The summed E-state index contributed by atoms with van der Waals surface area (Å²) in [5, 5.41) is 8.14. The minimum absolute atomic E-state index is 0.0633. The van der Waals surface area contributed by atoms with Crippen LogP contribution in [0, 0.1) is 11.8 Å². The highest BCUT2D eigenvalue weighted by Crippen LogP contribution is 2.27. The predicted octanol–water partition coefficient (Wildman–Crippen LogP) is 0.567. The Labute approximate surface area is 160 Å². The van der Waals surface area contributed by atoms with Crippen LogP contribution in [0.4, 0.5) is 5.69 Å². The zero-order chi connectivity index (χ0) is 20.4. The second-order valence-electron chi connectivity index (χ2n) is 7.80. The first-order chi connectivity index (χ1) is 12.4. The van der Waals surface area contributed by atoms with E-state index in [2.05, 4.69) is 19.2 Å². The molecular formula is C18H28N4O4S. The van der Waals surface area contributed by atoms with Crippen molar-refractivity contribution in [1.29, 1.82) is 0 Å². The Hall–Kier alpha value is -1.97. The van der Waals surface area contributed by atoms with Crippen LogP contribution < -0.4 is 21.1 Å². The number of benzene rings is 1. The van der Waals surface area contributed by atoms with Gasteiger partial charge in [-0.05, 0) is 37.5 Å². The minimum atomic E-state index is -3.87. The van der Waals surface area contributed by atoms with Crippen LogP contribution >= 0.6 is 0 Å². The molecule has 0 bridgehead atoms. The number of carbonyl (C=O) groups is 2. The lowest BCUT2D eigenvalue weighted by atomic mass is 9.90. The molecule has 0 saturated carbocycles. The SMILES string of the molecule is CC(C)CC(C)(CN)NC(=O)C1CC(=O)N(c2cccc(S(N)(=O)=O)c2)C1. The van der Waals surface area contributed by atoms with Crippen LogP contribution in [0.15, 0.2) is 29.2 Å². The molecule has 0 aromatic heterocycles. The number of primary sulfonamides is 1. The van der Waals surface area contributed by atoms with E-state index in [-0.39, 0.29) is 29.7 Å². The molecule has 8 nitrogen and oxygen atoms in total. The van der Waals surface area contributed by atoms with Gasteiger partial charge < -0.3 is 16.0 Å². The Morgan fingerprint density at radius 2 is 2.07 bits per heavy atom. The fourth-order valence-corrected chi connectivity index (χ4v) is 4.00. The van der Waals surface area contributed by atoms with Crippen molar-refractivity contribution in [2.75, 3.05) is 18.0 Å². The summed E-state index contributed by atoms with van der Waals surface area (Å²) in [6.45, 7) is 6.49. The maximum Gasteiger partial charge on any atom is 0.238 e. The molecule has 1 fully saturated rings. The van der Waals surface area contributed by atoms with Crippen molar-refractivity contribution in [2.24, 2.45) is 22.7 Å². The third kappa shape index (κ3) is 5.27. The van der Waals surface area contributed by atoms with Crippen LogP contribution in [0.3, 0.4) is 0 Å². The maximum absolute atomic E-state index is 12.7. The topological polar surface area (TPSA) is 136 Å². The Morgan fingerprint density at radius 3 is 2.63 bits per heavy atom. The van der Waals surface area contributed by atoms with E-state index in [4.69, 9.17) is 10.9 Å². The zero-order valence-electron chi connectivity index (χ0n) is 15.9. The maximum atomic E-state index is 12.7. The number of hydrogen-bond acceptors (Lipinski definition) is 5. The third-order valence-corrected chi connectivity index (χ3v) is 5.60. The van der Waals surface area contributed by atoms with E-state index in [0.29, 0.717) is 18.2 Å². The van der Waals surface area contributed by atoms with Crippen molar-refractivity contribution >= 4 is 27.5 Å². The lowest BCUT2D eigenvalue weighted by Gasteiger charge is -2.32. The lowest BCUT2D eigenvalue weighted by molar-refractivity contribution is -0.128. The first-order valence-electron chi connectivity index (χ1n) is 8.90. The quantitative estimate of drug-likeness (QED) is 0.619. The lowest BCUT2D eigenvalue weighted by Crippen LogP contribution is -2.54. The molecular weight excluding hydrogens is 368 g/mol. The zero-order valence-corrected chi connectivity index (χ0v) is 16.8. The van der Waals surface area contributed by atoms with Gasteiger partial charge in [-0.15, -0.1) is 0 Å². The number of carbonyl (C=O) groups excluding carboxylic acids is 2. The predicted molar refractivity (Wildman–Crippen MR) is 103 cm³/mol. The van der Waals surface area contributed by atoms with E-state index >= 15 is 0 Å². The molecule has 1 aliphatic heterocycles. The van der Waals surface area contributed by atoms with Crippen molar-refractivity contribution in [3.8, 4) is 0 Å². The fraction of sp³-hybridized carbons (Fsp3) is 0.556. The molecule has 1 saturated heterocycles. The second-order valence-corrected chi connectivity index (χ2v) is 9.36. The van der Waals surface area contributed by atoms with Gasteiger partial charge in [0.05, 0.1) is 10.8 Å². The number of amides is 2. The van der Waals surface area contributed by atoms with Crippen LogP contribution in [0.2, 0.25) is 0 Å². The Kier molecular flexibility index (Phi) is 6.28. The van der Waals surface area contributed by atoms with Gasteiger partial charge in [0.1, 0.15) is 0 Å². The molecule has 0 radical (unpaired) electrons. The van der Waals surface area contributed by atoms with E-state index < -0.39 is 21.5 Å². The normalized spacial score (nSPS) is 20.0. The molecule has 9 heteroatoms. The van der Waals surface area contributed by atoms with Crippen LogP contribution in [-0.2, 0) is 19.6 Å². The number of rotatable bonds is 7. The fourth-order valence-electron chi connectivity index (χ4n) is 3.45. The number of nitrogens with two attached hydrogens (primary N) is 2. The molecule has 2 atom stereocenters. The molecule has 2 rings (SSSR count). The number of nitrogens with one attached hydrogen (secondary N) is 1. The Balaban J connectivity index is 2.14. The van der Waals surface area contributed by atoms with Crippen LogP contribution in [-0.4, -0.2) is 38.9 Å².